The Labute approximate surface area is 113 Å². The van der Waals surface area contributed by atoms with Gasteiger partial charge in [0, 0.05) is 13.1 Å². The second-order valence-electron chi connectivity index (χ2n) is 5.23. The molecule has 0 atom stereocenters. The number of phenols is 2. The molecule has 19 heavy (non-hydrogen) atoms. The zero-order valence-electron chi connectivity index (χ0n) is 11.3. The maximum Gasteiger partial charge on any atom is 0.257 e. The van der Waals surface area contributed by atoms with Gasteiger partial charge in [0.2, 0.25) is 0 Å². The number of benzene rings is 1. The molecule has 0 unspecified atom stereocenters. The minimum absolute atomic E-state index is 0.173. The molecular formula is C15H21NO3. The first-order valence-corrected chi connectivity index (χ1v) is 6.89. The van der Waals surface area contributed by atoms with E-state index in [4.69, 9.17) is 0 Å². The van der Waals surface area contributed by atoms with Gasteiger partial charge < -0.3 is 15.1 Å². The quantitative estimate of drug-likeness (QED) is 0.637. The molecule has 1 saturated carbocycles. The van der Waals surface area contributed by atoms with Crippen molar-refractivity contribution >= 4 is 5.91 Å². The zero-order valence-corrected chi connectivity index (χ0v) is 11.3. The van der Waals surface area contributed by atoms with E-state index in [1.807, 2.05) is 0 Å². The molecule has 0 aliphatic heterocycles. The molecule has 0 spiro atoms. The number of amides is 1. The van der Waals surface area contributed by atoms with Crippen LogP contribution < -0.4 is 0 Å². The third kappa shape index (κ3) is 3.00. The van der Waals surface area contributed by atoms with Gasteiger partial charge in [0.25, 0.3) is 5.91 Å². The Hall–Kier alpha value is -1.71. The average molecular weight is 263 g/mol. The molecule has 2 rings (SSSR count). The number of hydrogen-bond acceptors (Lipinski definition) is 3. The Balaban J connectivity index is 2.15. The lowest BCUT2D eigenvalue weighted by molar-refractivity contribution is 0.0714. The summed E-state index contributed by atoms with van der Waals surface area (Å²) in [7, 11) is 1.78. The predicted octanol–water partition coefficient (Wildman–Crippen LogP) is 2.89. The fraction of sp³-hybridized carbons (Fsp3) is 0.533. The molecular weight excluding hydrogens is 242 g/mol. The smallest absolute Gasteiger partial charge is 0.257 e. The summed E-state index contributed by atoms with van der Waals surface area (Å²) in [6, 6.07) is 4.72. The van der Waals surface area contributed by atoms with Crippen LogP contribution in [0.3, 0.4) is 0 Å². The van der Waals surface area contributed by atoms with Gasteiger partial charge in [-0.25, -0.2) is 0 Å². The van der Waals surface area contributed by atoms with E-state index >= 15 is 0 Å². The lowest BCUT2D eigenvalue weighted by Gasteiger charge is -2.27. The van der Waals surface area contributed by atoms with Crippen LogP contribution >= 0.6 is 0 Å². The fourth-order valence-corrected chi connectivity index (χ4v) is 2.70. The molecule has 4 nitrogen and oxygen atoms in total. The lowest BCUT2D eigenvalue weighted by Crippen LogP contribution is -2.36. The van der Waals surface area contributed by atoms with Crippen molar-refractivity contribution < 1.29 is 15.0 Å². The van der Waals surface area contributed by atoms with Gasteiger partial charge in [-0.3, -0.25) is 4.79 Å². The van der Waals surface area contributed by atoms with E-state index in [2.05, 4.69) is 0 Å². The molecule has 1 fully saturated rings. The summed E-state index contributed by atoms with van der Waals surface area (Å²) in [4.78, 5) is 14.1. The molecule has 1 aromatic carbocycles. The SMILES string of the molecule is CN(C(=O)c1cccc(O)c1O)C1CCCCCC1. The Bertz CT molecular complexity index is 451. The van der Waals surface area contributed by atoms with Gasteiger partial charge in [-0.15, -0.1) is 0 Å². The molecule has 1 aromatic rings. The summed E-state index contributed by atoms with van der Waals surface area (Å²) >= 11 is 0. The Morgan fingerprint density at radius 2 is 1.79 bits per heavy atom. The molecule has 1 amide bonds. The van der Waals surface area contributed by atoms with Crippen LogP contribution in [0.4, 0.5) is 0 Å². The Kier molecular flexibility index (Phi) is 4.30. The van der Waals surface area contributed by atoms with E-state index in [0.717, 1.165) is 25.7 Å². The van der Waals surface area contributed by atoms with Crippen LogP contribution in [0.2, 0.25) is 0 Å². The normalized spacial score (nSPS) is 16.9. The highest BCUT2D eigenvalue weighted by molar-refractivity contribution is 5.97. The number of aromatic hydroxyl groups is 2. The number of hydrogen-bond donors (Lipinski definition) is 2. The van der Waals surface area contributed by atoms with Gasteiger partial charge in [-0.05, 0) is 25.0 Å². The third-order valence-corrected chi connectivity index (χ3v) is 3.94. The molecule has 1 aliphatic carbocycles. The van der Waals surface area contributed by atoms with Crippen LogP contribution in [0.5, 0.6) is 11.5 Å². The lowest BCUT2D eigenvalue weighted by atomic mass is 10.1. The molecule has 0 saturated heterocycles. The van der Waals surface area contributed by atoms with Crippen molar-refractivity contribution in [3.05, 3.63) is 23.8 Å². The van der Waals surface area contributed by atoms with Crippen LogP contribution in [-0.2, 0) is 0 Å². The van der Waals surface area contributed by atoms with Crippen molar-refractivity contribution in [1.82, 2.24) is 4.90 Å². The standard InChI is InChI=1S/C15H21NO3/c1-16(11-7-4-2-3-5-8-11)15(19)12-9-6-10-13(17)14(12)18/h6,9-11,17-18H,2-5,7-8H2,1H3. The highest BCUT2D eigenvalue weighted by Crippen LogP contribution is 2.30. The molecule has 1 aliphatic rings. The highest BCUT2D eigenvalue weighted by atomic mass is 16.3. The zero-order chi connectivity index (χ0) is 13.8. The molecule has 0 bridgehead atoms. The molecule has 104 valence electrons. The van der Waals surface area contributed by atoms with E-state index in [0.29, 0.717) is 0 Å². The first kappa shape index (κ1) is 13.7. The topological polar surface area (TPSA) is 60.8 Å². The first-order chi connectivity index (χ1) is 9.11. The number of phenolic OH excluding ortho intramolecular Hbond substituents is 2. The maximum absolute atomic E-state index is 12.4. The van der Waals surface area contributed by atoms with Gasteiger partial charge in [0.1, 0.15) is 0 Å². The third-order valence-electron chi connectivity index (χ3n) is 3.94. The van der Waals surface area contributed by atoms with E-state index in [1.54, 1.807) is 24.1 Å². The second-order valence-corrected chi connectivity index (χ2v) is 5.23. The summed E-state index contributed by atoms with van der Waals surface area (Å²) < 4.78 is 0. The van der Waals surface area contributed by atoms with Crippen molar-refractivity contribution in [2.75, 3.05) is 7.05 Å². The predicted molar refractivity (Wildman–Crippen MR) is 73.4 cm³/mol. The van der Waals surface area contributed by atoms with Crippen molar-refractivity contribution in [2.45, 2.75) is 44.6 Å². The number of rotatable bonds is 2. The van der Waals surface area contributed by atoms with Gasteiger partial charge in [0.15, 0.2) is 11.5 Å². The van der Waals surface area contributed by atoms with Crippen LogP contribution in [-0.4, -0.2) is 34.1 Å². The Morgan fingerprint density at radius 3 is 2.42 bits per heavy atom. The van der Waals surface area contributed by atoms with Crippen LogP contribution in [0.25, 0.3) is 0 Å². The number of nitrogens with zero attached hydrogens (tertiary/aromatic N) is 1. The number of para-hydroxylation sites is 1. The van der Waals surface area contributed by atoms with Crippen molar-refractivity contribution in [2.24, 2.45) is 0 Å². The van der Waals surface area contributed by atoms with E-state index < -0.39 is 0 Å². The summed E-state index contributed by atoms with van der Waals surface area (Å²) in [6.45, 7) is 0. The molecule has 0 radical (unpaired) electrons. The fourth-order valence-electron chi connectivity index (χ4n) is 2.70. The summed E-state index contributed by atoms with van der Waals surface area (Å²) in [6.07, 6.45) is 6.79. The monoisotopic (exact) mass is 263 g/mol. The van der Waals surface area contributed by atoms with Gasteiger partial charge >= 0.3 is 0 Å². The largest absolute Gasteiger partial charge is 0.504 e. The minimum Gasteiger partial charge on any atom is -0.504 e. The van der Waals surface area contributed by atoms with Crippen molar-refractivity contribution in [1.29, 1.82) is 0 Å². The number of carbonyl (C=O) groups excluding carboxylic acids is 1. The summed E-state index contributed by atoms with van der Waals surface area (Å²) in [5.41, 5.74) is 0.173. The first-order valence-electron chi connectivity index (χ1n) is 6.89. The van der Waals surface area contributed by atoms with Crippen molar-refractivity contribution in [3.63, 3.8) is 0 Å². The van der Waals surface area contributed by atoms with Gasteiger partial charge in [-0.1, -0.05) is 31.7 Å². The maximum atomic E-state index is 12.4. The second kappa shape index (κ2) is 5.95. The highest BCUT2D eigenvalue weighted by Gasteiger charge is 2.24. The molecule has 4 heteroatoms. The van der Waals surface area contributed by atoms with Crippen LogP contribution in [0.1, 0.15) is 48.9 Å². The van der Waals surface area contributed by atoms with E-state index in [-0.39, 0.29) is 29.0 Å². The van der Waals surface area contributed by atoms with E-state index in [9.17, 15) is 15.0 Å². The Morgan fingerprint density at radius 1 is 1.16 bits per heavy atom. The molecule has 0 heterocycles. The minimum atomic E-state index is -0.326. The number of carbonyl (C=O) groups is 1. The molecule has 0 aromatic heterocycles. The average Bonchev–Trinajstić information content (AvgIpc) is 2.69. The molecule has 2 N–H and O–H groups in total. The summed E-state index contributed by atoms with van der Waals surface area (Å²) in [5, 5.41) is 19.2. The van der Waals surface area contributed by atoms with Gasteiger partial charge in [-0.2, -0.15) is 0 Å². The summed E-state index contributed by atoms with van der Waals surface area (Å²) in [5.74, 6) is -0.798. The van der Waals surface area contributed by atoms with Gasteiger partial charge in [0.05, 0.1) is 5.56 Å². The van der Waals surface area contributed by atoms with Crippen LogP contribution in [0, 0.1) is 0 Å². The van der Waals surface area contributed by atoms with Crippen LogP contribution in [0.15, 0.2) is 18.2 Å². The van der Waals surface area contributed by atoms with Crippen molar-refractivity contribution in [3.8, 4) is 11.5 Å². The van der Waals surface area contributed by atoms with E-state index in [1.165, 1.54) is 18.9 Å².